The normalized spacial score (nSPS) is 21.1. The lowest BCUT2D eigenvalue weighted by Gasteiger charge is -2.34. The highest BCUT2D eigenvalue weighted by atomic mass is 32.2. The molecule has 2 aliphatic heterocycles. The number of hydrogen-bond acceptors (Lipinski definition) is 6. The molecule has 172 valence electrons. The van der Waals surface area contributed by atoms with Gasteiger partial charge in [-0.1, -0.05) is 19.1 Å². The van der Waals surface area contributed by atoms with E-state index in [1.54, 1.807) is 17.0 Å². The molecule has 4 rings (SSSR count). The minimum atomic E-state index is -3.72. The number of para-hydroxylation sites is 1. The molecule has 1 saturated heterocycles. The molecular weight excluding hydrogens is 432 g/mol. The van der Waals surface area contributed by atoms with Gasteiger partial charge in [-0.3, -0.25) is 4.79 Å². The summed E-state index contributed by atoms with van der Waals surface area (Å²) in [5.74, 6) is 1.55. The Bertz CT molecular complexity index is 1130. The summed E-state index contributed by atoms with van der Waals surface area (Å²) in [6.07, 6.45) is 0.0161. The second-order valence-electron chi connectivity index (χ2n) is 8.05. The smallest absolute Gasteiger partial charge is 0.257 e. The molecule has 0 N–H and O–H groups in total. The van der Waals surface area contributed by atoms with E-state index in [1.807, 2.05) is 19.1 Å². The van der Waals surface area contributed by atoms with Crippen molar-refractivity contribution in [1.29, 1.82) is 0 Å². The maximum Gasteiger partial charge on any atom is 0.257 e. The van der Waals surface area contributed by atoms with Crippen molar-refractivity contribution in [3.63, 3.8) is 0 Å². The van der Waals surface area contributed by atoms with Crippen LogP contribution in [0.25, 0.3) is 0 Å². The van der Waals surface area contributed by atoms with Crippen molar-refractivity contribution in [3.05, 3.63) is 47.5 Å². The van der Waals surface area contributed by atoms with Gasteiger partial charge in [0.2, 0.25) is 10.0 Å². The van der Waals surface area contributed by atoms with E-state index in [-0.39, 0.29) is 35.9 Å². The zero-order valence-corrected chi connectivity index (χ0v) is 19.5. The van der Waals surface area contributed by atoms with Gasteiger partial charge in [0.15, 0.2) is 11.5 Å². The Morgan fingerprint density at radius 2 is 1.69 bits per heavy atom. The van der Waals surface area contributed by atoms with Crippen LogP contribution < -0.4 is 14.2 Å². The summed E-state index contributed by atoms with van der Waals surface area (Å²) >= 11 is 0. The van der Waals surface area contributed by atoms with Gasteiger partial charge in [-0.05, 0) is 25.1 Å². The van der Waals surface area contributed by atoms with Crippen LogP contribution in [0.15, 0.2) is 41.3 Å². The van der Waals surface area contributed by atoms with E-state index in [9.17, 15) is 13.2 Å². The SMILES string of the molecule is COc1ccc(S(=O)(=O)N2CCN(C(=O)c3cccc4c3O[C@@H](C)[C@@H]4C)CC2)cc1OC. The first-order valence-electron chi connectivity index (χ1n) is 10.6. The molecule has 2 aromatic rings. The van der Waals surface area contributed by atoms with Crippen LogP contribution in [0.2, 0.25) is 0 Å². The van der Waals surface area contributed by atoms with E-state index in [0.717, 1.165) is 5.56 Å². The third kappa shape index (κ3) is 3.80. The Hall–Kier alpha value is -2.78. The molecular formula is C23H28N2O6S. The fraction of sp³-hybridized carbons (Fsp3) is 0.435. The number of rotatable bonds is 5. The standard InChI is InChI=1S/C23H28N2O6S/c1-15-16(2)31-22-18(15)6-5-7-19(22)23(26)24-10-12-25(13-11-24)32(27,28)17-8-9-20(29-3)21(14-17)30-4/h5-9,14-16H,10-13H2,1-4H3/t15-,16-/m0/s1. The maximum absolute atomic E-state index is 13.2. The van der Waals surface area contributed by atoms with E-state index in [1.165, 1.54) is 30.7 Å². The molecule has 2 aliphatic rings. The number of hydrogen-bond donors (Lipinski definition) is 0. The van der Waals surface area contributed by atoms with Crippen molar-refractivity contribution in [1.82, 2.24) is 9.21 Å². The number of piperazine rings is 1. The molecule has 0 aliphatic carbocycles. The van der Waals surface area contributed by atoms with Gasteiger partial charge in [-0.15, -0.1) is 0 Å². The number of benzene rings is 2. The molecule has 0 spiro atoms. The summed E-state index contributed by atoms with van der Waals surface area (Å²) in [6, 6.07) is 10.2. The van der Waals surface area contributed by atoms with Crippen molar-refractivity contribution in [2.75, 3.05) is 40.4 Å². The van der Waals surface area contributed by atoms with Gasteiger partial charge in [-0.2, -0.15) is 4.31 Å². The van der Waals surface area contributed by atoms with Gasteiger partial charge < -0.3 is 19.1 Å². The monoisotopic (exact) mass is 460 g/mol. The summed E-state index contributed by atoms with van der Waals surface area (Å²) < 4.78 is 44.0. The summed E-state index contributed by atoms with van der Waals surface area (Å²) in [4.78, 5) is 15.0. The van der Waals surface area contributed by atoms with Crippen molar-refractivity contribution < 1.29 is 27.4 Å². The Morgan fingerprint density at radius 3 is 2.34 bits per heavy atom. The number of methoxy groups -OCH3 is 2. The zero-order valence-electron chi connectivity index (χ0n) is 18.7. The zero-order chi connectivity index (χ0) is 23.0. The van der Waals surface area contributed by atoms with Crippen LogP contribution in [-0.2, 0) is 10.0 Å². The molecule has 0 saturated carbocycles. The summed E-state index contributed by atoms with van der Waals surface area (Å²) in [7, 11) is -0.763. The number of sulfonamides is 1. The molecule has 0 unspecified atom stereocenters. The first-order valence-corrected chi connectivity index (χ1v) is 12.0. The molecule has 0 radical (unpaired) electrons. The summed E-state index contributed by atoms with van der Waals surface area (Å²) in [6.45, 7) is 5.12. The predicted octanol–water partition coefficient (Wildman–Crippen LogP) is 2.73. The number of carbonyl (C=O) groups is 1. The number of nitrogens with zero attached hydrogens (tertiary/aromatic N) is 2. The highest BCUT2D eigenvalue weighted by Crippen LogP contribution is 2.40. The topological polar surface area (TPSA) is 85.4 Å². The molecule has 1 fully saturated rings. The molecule has 2 aromatic carbocycles. The lowest BCUT2D eigenvalue weighted by molar-refractivity contribution is 0.0692. The summed E-state index contributed by atoms with van der Waals surface area (Å²) in [5, 5.41) is 0. The lowest BCUT2D eigenvalue weighted by atomic mass is 9.96. The number of carbonyl (C=O) groups excluding carboxylic acids is 1. The van der Waals surface area contributed by atoms with Crippen LogP contribution in [-0.4, -0.2) is 70.0 Å². The third-order valence-electron chi connectivity index (χ3n) is 6.29. The van der Waals surface area contributed by atoms with E-state index < -0.39 is 10.0 Å². The van der Waals surface area contributed by atoms with Gasteiger partial charge in [0.05, 0.1) is 24.7 Å². The average Bonchev–Trinajstić information content (AvgIpc) is 3.11. The predicted molar refractivity (Wildman–Crippen MR) is 119 cm³/mol. The highest BCUT2D eigenvalue weighted by molar-refractivity contribution is 7.89. The fourth-order valence-electron chi connectivity index (χ4n) is 4.18. The first kappa shape index (κ1) is 22.4. The lowest BCUT2D eigenvalue weighted by Crippen LogP contribution is -2.50. The van der Waals surface area contributed by atoms with Gasteiger partial charge in [0.1, 0.15) is 11.9 Å². The molecule has 2 heterocycles. The molecule has 1 amide bonds. The van der Waals surface area contributed by atoms with Crippen molar-refractivity contribution >= 4 is 15.9 Å². The van der Waals surface area contributed by atoms with Crippen molar-refractivity contribution in [2.24, 2.45) is 0 Å². The van der Waals surface area contributed by atoms with Crippen LogP contribution in [0.5, 0.6) is 17.2 Å². The Kier molecular flexibility index (Phi) is 6.05. The summed E-state index contributed by atoms with van der Waals surface area (Å²) in [5.41, 5.74) is 1.58. The molecule has 0 bridgehead atoms. The Morgan fingerprint density at radius 1 is 1.00 bits per heavy atom. The number of amides is 1. The van der Waals surface area contributed by atoms with Gasteiger partial charge in [0.25, 0.3) is 5.91 Å². The van der Waals surface area contributed by atoms with Gasteiger partial charge >= 0.3 is 0 Å². The fourth-order valence-corrected chi connectivity index (χ4v) is 5.62. The van der Waals surface area contributed by atoms with Crippen LogP contribution >= 0.6 is 0 Å². The van der Waals surface area contributed by atoms with Crippen molar-refractivity contribution in [3.8, 4) is 17.2 Å². The first-order chi connectivity index (χ1) is 15.3. The molecule has 0 aromatic heterocycles. The van der Waals surface area contributed by atoms with Crippen molar-refractivity contribution in [2.45, 2.75) is 30.8 Å². The van der Waals surface area contributed by atoms with Crippen LogP contribution in [0.1, 0.15) is 35.7 Å². The Labute approximate surface area is 188 Å². The van der Waals surface area contributed by atoms with E-state index >= 15 is 0 Å². The average molecular weight is 461 g/mol. The van der Waals surface area contributed by atoms with Crippen LogP contribution in [0.3, 0.4) is 0 Å². The Balaban J connectivity index is 1.49. The third-order valence-corrected chi connectivity index (χ3v) is 8.19. The van der Waals surface area contributed by atoms with Gasteiger partial charge in [-0.25, -0.2) is 8.42 Å². The van der Waals surface area contributed by atoms with Crippen LogP contribution in [0, 0.1) is 0 Å². The second kappa shape index (κ2) is 8.63. The molecule has 32 heavy (non-hydrogen) atoms. The number of fused-ring (bicyclic) bond motifs is 1. The largest absolute Gasteiger partial charge is 0.493 e. The minimum Gasteiger partial charge on any atom is -0.493 e. The van der Waals surface area contributed by atoms with Gasteiger partial charge in [0, 0.05) is 43.7 Å². The maximum atomic E-state index is 13.2. The molecule has 2 atom stereocenters. The van der Waals surface area contributed by atoms with E-state index in [4.69, 9.17) is 14.2 Å². The highest BCUT2D eigenvalue weighted by Gasteiger charge is 2.35. The second-order valence-corrected chi connectivity index (χ2v) is 9.99. The number of ether oxygens (including phenoxy) is 3. The van der Waals surface area contributed by atoms with Crippen LogP contribution in [0.4, 0.5) is 0 Å². The minimum absolute atomic E-state index is 0.0161. The quantitative estimate of drug-likeness (QED) is 0.682. The van der Waals surface area contributed by atoms with E-state index in [2.05, 4.69) is 6.92 Å². The molecule has 8 nitrogen and oxygen atoms in total. The van der Waals surface area contributed by atoms with E-state index in [0.29, 0.717) is 35.9 Å². The molecule has 9 heteroatoms.